The van der Waals surface area contributed by atoms with Crippen molar-refractivity contribution in [2.45, 2.75) is 48.8 Å². The van der Waals surface area contributed by atoms with Crippen LogP contribution in [0.5, 0.6) is 0 Å². The Labute approximate surface area is 286 Å². The van der Waals surface area contributed by atoms with Crippen molar-refractivity contribution in [3.05, 3.63) is 64.7 Å². The number of hydrogen-bond donors (Lipinski definition) is 13. The van der Waals surface area contributed by atoms with E-state index in [1.165, 1.54) is 0 Å². The molecule has 0 saturated heterocycles. The Hall–Kier alpha value is -3.92. The first-order valence-electron chi connectivity index (χ1n) is 15.7. The lowest BCUT2D eigenvalue weighted by molar-refractivity contribution is -0.149. The summed E-state index contributed by atoms with van der Waals surface area (Å²) in [6.45, 7) is -1.70. The Balaban J connectivity index is 1.66. The molecular weight excluding hydrogens is 664 g/mol. The van der Waals surface area contributed by atoms with Crippen LogP contribution < -0.4 is 16.0 Å². The molecule has 18 nitrogen and oxygen atoms in total. The second kappa shape index (κ2) is 18.9. The second-order valence-corrected chi connectivity index (χ2v) is 11.6. The van der Waals surface area contributed by atoms with Crippen LogP contribution in [-0.4, -0.2) is 181 Å². The molecule has 0 unspecified atom stereocenters. The molecule has 0 heterocycles. The standard InChI is InChI=1S/C32H44N4O14/c37-14-20(39)25(43)27(45)29(47)31(49)34-9-12-36(13-10-35-32(50)30(48)28(46)26(44)21(40)15-38)11-8-33-19-7-3-6-18-22(19)24(42)17-5-2-1-4-16(17)23(18)41/h1-7,20-21,25-30,33,37-40,43-48H,8-15H2,(H,34,49)(H,35,50)/t20-,21-,25-,26-,27-,28-,29-,30-/m0/s1. The first-order chi connectivity index (χ1) is 23.7. The van der Waals surface area contributed by atoms with Gasteiger partial charge in [0.05, 0.1) is 18.8 Å². The highest BCUT2D eigenvalue weighted by atomic mass is 16.4. The van der Waals surface area contributed by atoms with E-state index in [2.05, 4.69) is 16.0 Å². The summed E-state index contributed by atoms with van der Waals surface area (Å²) in [5, 5.41) is 104. The summed E-state index contributed by atoms with van der Waals surface area (Å²) >= 11 is 0. The van der Waals surface area contributed by atoms with Gasteiger partial charge in [0.15, 0.2) is 23.8 Å². The summed E-state index contributed by atoms with van der Waals surface area (Å²) in [7, 11) is 0. The van der Waals surface area contributed by atoms with E-state index in [1.54, 1.807) is 47.4 Å². The van der Waals surface area contributed by atoms with Crippen molar-refractivity contribution < 1.29 is 70.2 Å². The zero-order chi connectivity index (χ0) is 37.1. The van der Waals surface area contributed by atoms with Crippen LogP contribution in [0.3, 0.4) is 0 Å². The Bertz CT molecular complexity index is 1430. The molecule has 0 fully saturated rings. The average Bonchev–Trinajstić information content (AvgIpc) is 3.13. The van der Waals surface area contributed by atoms with Gasteiger partial charge in [0, 0.05) is 61.6 Å². The first kappa shape index (κ1) is 40.5. The largest absolute Gasteiger partial charge is 0.394 e. The van der Waals surface area contributed by atoms with E-state index < -0.39 is 73.9 Å². The highest BCUT2D eigenvalue weighted by molar-refractivity contribution is 6.30. The van der Waals surface area contributed by atoms with Crippen molar-refractivity contribution in [2.75, 3.05) is 57.8 Å². The van der Waals surface area contributed by atoms with Crippen LogP contribution in [0, 0.1) is 0 Å². The number of aliphatic hydroxyl groups excluding tert-OH is 10. The molecule has 18 heteroatoms. The van der Waals surface area contributed by atoms with Gasteiger partial charge >= 0.3 is 0 Å². The fourth-order valence-electron chi connectivity index (χ4n) is 5.21. The van der Waals surface area contributed by atoms with Gasteiger partial charge in [0.2, 0.25) is 0 Å². The highest BCUT2D eigenvalue weighted by Gasteiger charge is 2.35. The van der Waals surface area contributed by atoms with Crippen LogP contribution in [0.1, 0.15) is 31.8 Å². The van der Waals surface area contributed by atoms with Gasteiger partial charge in [-0.25, -0.2) is 0 Å². The number of nitrogens with one attached hydrogen (secondary N) is 3. The van der Waals surface area contributed by atoms with Gasteiger partial charge in [-0.05, 0) is 6.07 Å². The van der Waals surface area contributed by atoms with Crippen molar-refractivity contribution in [1.29, 1.82) is 0 Å². The average molecular weight is 709 g/mol. The maximum Gasteiger partial charge on any atom is 0.251 e. The molecule has 2 amide bonds. The van der Waals surface area contributed by atoms with Crippen LogP contribution >= 0.6 is 0 Å². The molecule has 0 bridgehead atoms. The summed E-state index contributed by atoms with van der Waals surface area (Å²) in [4.78, 5) is 52.9. The predicted octanol–water partition coefficient (Wildman–Crippen LogP) is -5.72. The topological polar surface area (TPSA) is 310 Å². The maximum atomic E-state index is 13.3. The number of hydrogen-bond acceptors (Lipinski definition) is 16. The number of carbonyl (C=O) groups excluding carboxylic acids is 4. The number of amides is 2. The smallest absolute Gasteiger partial charge is 0.251 e. The SMILES string of the molecule is O=C1c2ccccc2C(=O)c2c(NCCN(CCNC(=O)[C@@H](O)[C@@H](O)[C@@H](O)[C@@H](O)CO)CCNC(=O)[C@@H](O)[C@@H](O)[C@@H](O)[C@@H](O)CO)cccc21. The molecule has 50 heavy (non-hydrogen) atoms. The van der Waals surface area contributed by atoms with Gasteiger partial charge in [0.25, 0.3) is 11.8 Å². The normalized spacial score (nSPS) is 17.4. The van der Waals surface area contributed by atoms with Crippen molar-refractivity contribution >= 4 is 29.1 Å². The minimum atomic E-state index is -2.16. The molecule has 1 aliphatic rings. The zero-order valence-corrected chi connectivity index (χ0v) is 26.9. The van der Waals surface area contributed by atoms with Crippen LogP contribution in [0.4, 0.5) is 5.69 Å². The minimum absolute atomic E-state index is 0.0538. The second-order valence-electron chi connectivity index (χ2n) is 11.6. The van der Waals surface area contributed by atoms with Gasteiger partial charge in [-0.2, -0.15) is 0 Å². The molecule has 0 aromatic heterocycles. The quantitative estimate of drug-likeness (QED) is 0.0520. The van der Waals surface area contributed by atoms with E-state index in [1.807, 2.05) is 0 Å². The van der Waals surface area contributed by atoms with E-state index >= 15 is 0 Å². The molecule has 0 spiro atoms. The van der Waals surface area contributed by atoms with E-state index in [0.29, 0.717) is 11.3 Å². The van der Waals surface area contributed by atoms with Crippen LogP contribution in [0.25, 0.3) is 0 Å². The Morgan fingerprint density at radius 3 is 1.50 bits per heavy atom. The van der Waals surface area contributed by atoms with Gasteiger partial charge < -0.3 is 67.0 Å². The number of carbonyl (C=O) groups is 4. The van der Waals surface area contributed by atoms with Crippen molar-refractivity contribution in [2.24, 2.45) is 0 Å². The fraction of sp³-hybridized carbons (Fsp3) is 0.500. The summed E-state index contributed by atoms with van der Waals surface area (Å²) in [5.74, 6) is -2.85. The number of aliphatic hydroxyl groups is 10. The molecule has 276 valence electrons. The molecule has 0 radical (unpaired) electrons. The summed E-state index contributed by atoms with van der Waals surface area (Å²) in [6, 6.07) is 11.3. The number of fused-ring (bicyclic) bond motifs is 2. The molecule has 2 aromatic rings. The Kier molecular flexibility index (Phi) is 15.3. The first-order valence-corrected chi connectivity index (χ1v) is 15.7. The third-order valence-electron chi connectivity index (χ3n) is 8.20. The number of anilines is 1. The van der Waals surface area contributed by atoms with Crippen LogP contribution in [0.2, 0.25) is 0 Å². The van der Waals surface area contributed by atoms with Crippen LogP contribution in [-0.2, 0) is 9.59 Å². The predicted molar refractivity (Wildman–Crippen MR) is 173 cm³/mol. The van der Waals surface area contributed by atoms with Crippen molar-refractivity contribution in [3.63, 3.8) is 0 Å². The summed E-state index contributed by atoms with van der Waals surface area (Å²) in [5.41, 5.74) is 1.38. The van der Waals surface area contributed by atoms with Crippen LogP contribution in [0.15, 0.2) is 42.5 Å². The van der Waals surface area contributed by atoms with Gasteiger partial charge in [-0.15, -0.1) is 0 Å². The molecule has 1 aliphatic carbocycles. The zero-order valence-electron chi connectivity index (χ0n) is 26.9. The fourth-order valence-corrected chi connectivity index (χ4v) is 5.21. The number of benzene rings is 2. The van der Waals surface area contributed by atoms with Gasteiger partial charge in [-0.3, -0.25) is 24.1 Å². The van der Waals surface area contributed by atoms with Crippen molar-refractivity contribution in [3.8, 4) is 0 Å². The van der Waals surface area contributed by atoms with Gasteiger partial charge in [0.1, 0.15) is 36.6 Å². The van der Waals surface area contributed by atoms with Gasteiger partial charge in [-0.1, -0.05) is 36.4 Å². The third-order valence-corrected chi connectivity index (χ3v) is 8.20. The van der Waals surface area contributed by atoms with Crippen molar-refractivity contribution in [1.82, 2.24) is 15.5 Å². The molecular formula is C32H44N4O14. The molecule has 8 atom stereocenters. The molecule has 3 rings (SSSR count). The molecule has 0 aliphatic heterocycles. The Morgan fingerprint density at radius 1 is 0.580 bits per heavy atom. The lowest BCUT2D eigenvalue weighted by atomic mass is 9.83. The molecule has 13 N–H and O–H groups in total. The monoisotopic (exact) mass is 708 g/mol. The third kappa shape index (κ3) is 9.86. The lowest BCUT2D eigenvalue weighted by Gasteiger charge is -2.27. The number of ketones is 2. The number of nitrogens with zero attached hydrogens (tertiary/aromatic N) is 1. The van der Waals surface area contributed by atoms with E-state index in [9.17, 15) is 60.0 Å². The summed E-state index contributed by atoms with van der Waals surface area (Å²) < 4.78 is 0. The summed E-state index contributed by atoms with van der Waals surface area (Å²) in [6.07, 6.45) is -16.2. The maximum absolute atomic E-state index is 13.3. The van der Waals surface area contributed by atoms with E-state index in [4.69, 9.17) is 10.2 Å². The molecule has 0 saturated carbocycles. The highest BCUT2D eigenvalue weighted by Crippen LogP contribution is 2.31. The Morgan fingerprint density at radius 2 is 1.02 bits per heavy atom. The number of rotatable bonds is 20. The minimum Gasteiger partial charge on any atom is -0.394 e. The van der Waals surface area contributed by atoms with E-state index in [-0.39, 0.29) is 67.5 Å². The molecule has 2 aromatic carbocycles. The van der Waals surface area contributed by atoms with E-state index in [0.717, 1.165) is 0 Å². The lowest BCUT2D eigenvalue weighted by Crippen LogP contribution is -2.53.